The van der Waals surface area contributed by atoms with Crippen molar-refractivity contribution in [2.75, 3.05) is 0 Å². The zero-order valence-electron chi connectivity index (χ0n) is 11.2. The van der Waals surface area contributed by atoms with E-state index in [0.717, 1.165) is 18.4 Å². The number of carbonyl (C=O) groups excluding carboxylic acids is 1. The molecule has 0 saturated heterocycles. The molecule has 1 aromatic rings. The van der Waals surface area contributed by atoms with Crippen LogP contribution in [-0.4, -0.2) is 23.0 Å². The lowest BCUT2D eigenvalue weighted by atomic mass is 9.83. The number of aliphatic carboxylic acids is 1. The second-order valence-corrected chi connectivity index (χ2v) is 5.62. The Kier molecular flexibility index (Phi) is 3.60. The summed E-state index contributed by atoms with van der Waals surface area (Å²) in [4.78, 5) is 23.5. The normalized spacial score (nSPS) is 16.7. The predicted molar refractivity (Wildman–Crippen MR) is 71.8 cm³/mol. The number of carboxylic acid groups (broad SMARTS) is 1. The topological polar surface area (TPSA) is 66.4 Å². The van der Waals surface area contributed by atoms with Crippen LogP contribution in [0.3, 0.4) is 0 Å². The van der Waals surface area contributed by atoms with Crippen molar-refractivity contribution in [2.24, 2.45) is 5.92 Å². The number of rotatable bonds is 5. The number of carbonyl (C=O) groups is 2. The SMILES string of the molecule is CC(C)(C(=O)NC(C(=O)O)C1CC1)c1ccccc1. The van der Waals surface area contributed by atoms with E-state index >= 15 is 0 Å². The van der Waals surface area contributed by atoms with Gasteiger partial charge >= 0.3 is 5.97 Å². The van der Waals surface area contributed by atoms with Crippen LogP contribution in [0.25, 0.3) is 0 Å². The van der Waals surface area contributed by atoms with E-state index in [1.165, 1.54) is 0 Å². The average Bonchev–Trinajstić information content (AvgIpc) is 3.20. The van der Waals surface area contributed by atoms with E-state index in [-0.39, 0.29) is 11.8 Å². The van der Waals surface area contributed by atoms with Crippen LogP contribution in [0.2, 0.25) is 0 Å². The van der Waals surface area contributed by atoms with E-state index in [9.17, 15) is 9.59 Å². The summed E-state index contributed by atoms with van der Waals surface area (Å²) >= 11 is 0. The molecule has 0 radical (unpaired) electrons. The van der Waals surface area contributed by atoms with Crippen molar-refractivity contribution in [1.82, 2.24) is 5.32 Å². The maximum Gasteiger partial charge on any atom is 0.326 e. The molecule has 0 heterocycles. The molecule has 2 rings (SSSR count). The number of hydrogen-bond acceptors (Lipinski definition) is 2. The highest BCUT2D eigenvalue weighted by Gasteiger charge is 2.40. The number of carboxylic acids is 1. The average molecular weight is 261 g/mol. The van der Waals surface area contributed by atoms with E-state index in [2.05, 4.69) is 5.32 Å². The molecule has 4 nitrogen and oxygen atoms in total. The molecule has 1 unspecified atom stereocenters. The monoisotopic (exact) mass is 261 g/mol. The maximum absolute atomic E-state index is 12.3. The lowest BCUT2D eigenvalue weighted by molar-refractivity contribution is -0.143. The molecular formula is C15H19NO3. The fraction of sp³-hybridized carbons (Fsp3) is 0.467. The molecule has 0 aromatic heterocycles. The highest BCUT2D eigenvalue weighted by Crippen LogP contribution is 2.33. The van der Waals surface area contributed by atoms with Gasteiger partial charge in [0.05, 0.1) is 5.41 Å². The van der Waals surface area contributed by atoms with Crippen molar-refractivity contribution in [3.8, 4) is 0 Å². The molecule has 4 heteroatoms. The Morgan fingerprint density at radius 2 is 1.84 bits per heavy atom. The van der Waals surface area contributed by atoms with E-state index in [1.54, 1.807) is 0 Å². The first-order valence-corrected chi connectivity index (χ1v) is 6.52. The molecule has 1 amide bonds. The molecule has 1 atom stereocenters. The molecule has 19 heavy (non-hydrogen) atoms. The van der Waals surface area contributed by atoms with Gasteiger partial charge < -0.3 is 10.4 Å². The summed E-state index contributed by atoms with van der Waals surface area (Å²) in [5, 5.41) is 11.8. The van der Waals surface area contributed by atoms with E-state index in [1.807, 2.05) is 44.2 Å². The van der Waals surface area contributed by atoms with Crippen LogP contribution in [0, 0.1) is 5.92 Å². The van der Waals surface area contributed by atoms with Crippen molar-refractivity contribution in [1.29, 1.82) is 0 Å². The number of nitrogens with one attached hydrogen (secondary N) is 1. The molecule has 0 spiro atoms. The first kappa shape index (κ1) is 13.6. The third-order valence-electron chi connectivity index (χ3n) is 3.71. The van der Waals surface area contributed by atoms with Gasteiger partial charge in [0.2, 0.25) is 5.91 Å². The van der Waals surface area contributed by atoms with Crippen LogP contribution >= 0.6 is 0 Å². The van der Waals surface area contributed by atoms with Crippen molar-refractivity contribution >= 4 is 11.9 Å². The highest BCUT2D eigenvalue weighted by molar-refractivity contribution is 5.91. The summed E-state index contributed by atoms with van der Waals surface area (Å²) in [7, 11) is 0. The molecule has 1 aliphatic rings. The van der Waals surface area contributed by atoms with Gasteiger partial charge in [-0.25, -0.2) is 4.79 Å². The lowest BCUT2D eigenvalue weighted by Gasteiger charge is -2.26. The third kappa shape index (κ3) is 2.95. The summed E-state index contributed by atoms with van der Waals surface area (Å²) in [5.41, 5.74) is 0.150. The molecule has 0 aliphatic heterocycles. The Labute approximate surface area is 112 Å². The van der Waals surface area contributed by atoms with Crippen LogP contribution in [0.5, 0.6) is 0 Å². The summed E-state index contributed by atoms with van der Waals surface area (Å²) in [6.45, 7) is 3.62. The summed E-state index contributed by atoms with van der Waals surface area (Å²) in [5.74, 6) is -1.09. The molecular weight excluding hydrogens is 242 g/mol. The van der Waals surface area contributed by atoms with Crippen molar-refractivity contribution in [2.45, 2.75) is 38.1 Å². The Bertz CT molecular complexity index is 477. The largest absolute Gasteiger partial charge is 0.480 e. The standard InChI is InChI=1S/C15H19NO3/c1-15(2,11-6-4-3-5-7-11)14(19)16-12(13(17)18)10-8-9-10/h3-7,10,12H,8-9H2,1-2H3,(H,16,19)(H,17,18). The summed E-state index contributed by atoms with van der Waals surface area (Å²) < 4.78 is 0. The van der Waals surface area contributed by atoms with Gasteiger partial charge in [-0.2, -0.15) is 0 Å². The Morgan fingerprint density at radius 3 is 2.32 bits per heavy atom. The molecule has 0 bridgehead atoms. The smallest absolute Gasteiger partial charge is 0.326 e. The van der Waals surface area contributed by atoms with Crippen LogP contribution < -0.4 is 5.32 Å². The van der Waals surface area contributed by atoms with Crippen molar-refractivity contribution in [3.63, 3.8) is 0 Å². The quantitative estimate of drug-likeness (QED) is 0.851. The Hall–Kier alpha value is -1.84. The second-order valence-electron chi connectivity index (χ2n) is 5.62. The predicted octanol–water partition coefficient (Wildman–Crippen LogP) is 1.94. The van der Waals surface area contributed by atoms with Crippen LogP contribution in [0.1, 0.15) is 32.3 Å². The van der Waals surface area contributed by atoms with Gasteiger partial charge in [0.15, 0.2) is 0 Å². The van der Waals surface area contributed by atoms with Crippen molar-refractivity contribution in [3.05, 3.63) is 35.9 Å². The first-order valence-electron chi connectivity index (χ1n) is 6.52. The number of amides is 1. The highest BCUT2D eigenvalue weighted by atomic mass is 16.4. The number of hydrogen-bond donors (Lipinski definition) is 2. The molecule has 2 N–H and O–H groups in total. The first-order chi connectivity index (χ1) is 8.93. The summed E-state index contributed by atoms with van der Waals surface area (Å²) in [6.07, 6.45) is 1.76. The minimum atomic E-state index is -0.945. The molecule has 1 fully saturated rings. The summed E-state index contributed by atoms with van der Waals surface area (Å²) in [6, 6.07) is 8.65. The molecule has 1 saturated carbocycles. The fourth-order valence-electron chi connectivity index (χ4n) is 2.12. The van der Waals surface area contributed by atoms with Crippen LogP contribution in [-0.2, 0) is 15.0 Å². The van der Waals surface area contributed by atoms with Gasteiger partial charge in [-0.1, -0.05) is 30.3 Å². The lowest BCUT2D eigenvalue weighted by Crippen LogP contribution is -2.49. The molecule has 102 valence electrons. The Morgan fingerprint density at radius 1 is 1.26 bits per heavy atom. The van der Waals surface area contributed by atoms with Gasteiger partial charge in [0.25, 0.3) is 0 Å². The van der Waals surface area contributed by atoms with Gasteiger partial charge in [0, 0.05) is 0 Å². The van der Waals surface area contributed by atoms with Crippen LogP contribution in [0.15, 0.2) is 30.3 Å². The zero-order chi connectivity index (χ0) is 14.0. The van der Waals surface area contributed by atoms with Gasteiger partial charge in [-0.05, 0) is 38.2 Å². The molecule has 1 aromatic carbocycles. The van der Waals surface area contributed by atoms with Gasteiger partial charge in [0.1, 0.15) is 6.04 Å². The van der Waals surface area contributed by atoms with E-state index in [0.29, 0.717) is 0 Å². The van der Waals surface area contributed by atoms with E-state index < -0.39 is 17.4 Å². The maximum atomic E-state index is 12.3. The van der Waals surface area contributed by atoms with Gasteiger partial charge in [-0.3, -0.25) is 4.79 Å². The minimum absolute atomic E-state index is 0.0908. The van der Waals surface area contributed by atoms with Gasteiger partial charge in [-0.15, -0.1) is 0 Å². The van der Waals surface area contributed by atoms with Crippen LogP contribution in [0.4, 0.5) is 0 Å². The zero-order valence-corrected chi connectivity index (χ0v) is 11.2. The Balaban J connectivity index is 2.12. The number of benzene rings is 1. The van der Waals surface area contributed by atoms with E-state index in [4.69, 9.17) is 5.11 Å². The second kappa shape index (κ2) is 5.03. The minimum Gasteiger partial charge on any atom is -0.480 e. The molecule has 1 aliphatic carbocycles. The fourth-order valence-corrected chi connectivity index (χ4v) is 2.12. The third-order valence-corrected chi connectivity index (χ3v) is 3.71. The van der Waals surface area contributed by atoms with Crippen molar-refractivity contribution < 1.29 is 14.7 Å².